The average molecular weight is 215 g/mol. The highest BCUT2D eigenvalue weighted by molar-refractivity contribution is 5.87. The van der Waals surface area contributed by atoms with Gasteiger partial charge in [-0.15, -0.1) is 0 Å². The predicted octanol–water partition coefficient (Wildman–Crippen LogP) is -0.221. The molecule has 5 heteroatoms. The molecule has 0 aliphatic carbocycles. The molecule has 0 bridgehead atoms. The predicted molar refractivity (Wildman–Crippen MR) is 53.0 cm³/mol. The molecule has 1 saturated heterocycles. The Hall–Kier alpha value is -1.10. The minimum absolute atomic E-state index is 0.107. The van der Waals surface area contributed by atoms with Crippen LogP contribution in [0.15, 0.2) is 0 Å². The molecule has 1 fully saturated rings. The van der Waals surface area contributed by atoms with Gasteiger partial charge in [0.1, 0.15) is 0 Å². The zero-order valence-corrected chi connectivity index (χ0v) is 9.32. The lowest BCUT2D eigenvalue weighted by Crippen LogP contribution is -2.47. The first-order valence-electron chi connectivity index (χ1n) is 4.91. The first-order chi connectivity index (χ1) is 6.92. The first-order valence-corrected chi connectivity index (χ1v) is 4.91. The fraction of sp³-hybridized carbons (Fsp3) is 0.800. The van der Waals surface area contributed by atoms with Gasteiger partial charge in [0.2, 0.25) is 5.91 Å². The Kier molecular flexibility index (Phi) is 3.34. The quantitative estimate of drug-likeness (QED) is 0.661. The van der Waals surface area contributed by atoms with Gasteiger partial charge in [0.05, 0.1) is 25.2 Å². The highest BCUT2D eigenvalue weighted by Gasteiger charge is 2.41. The molecule has 0 aromatic heterocycles. The number of rotatable bonds is 3. The van der Waals surface area contributed by atoms with Gasteiger partial charge in [-0.2, -0.15) is 0 Å². The van der Waals surface area contributed by atoms with Crippen LogP contribution in [-0.4, -0.2) is 47.7 Å². The highest BCUT2D eigenvalue weighted by atomic mass is 16.5. The summed E-state index contributed by atoms with van der Waals surface area (Å²) < 4.78 is 4.60. The maximum Gasteiger partial charge on any atom is 0.310 e. The average Bonchev–Trinajstić information content (AvgIpc) is 2.60. The number of amides is 1. The van der Waals surface area contributed by atoms with Gasteiger partial charge in [-0.25, -0.2) is 0 Å². The number of aliphatic hydroxyl groups is 1. The molecule has 86 valence electrons. The number of methoxy groups -OCH3 is 1. The molecule has 0 aromatic carbocycles. The van der Waals surface area contributed by atoms with Crippen molar-refractivity contribution in [3.05, 3.63) is 0 Å². The number of aliphatic hydroxyl groups excluding tert-OH is 1. The Morgan fingerprint density at radius 1 is 1.67 bits per heavy atom. The van der Waals surface area contributed by atoms with Crippen LogP contribution in [0.3, 0.4) is 0 Å². The summed E-state index contributed by atoms with van der Waals surface area (Å²) in [6.07, 6.45) is 0.177. The van der Waals surface area contributed by atoms with Crippen molar-refractivity contribution in [1.82, 2.24) is 4.90 Å². The Balaban J connectivity index is 2.73. The second-order valence-electron chi connectivity index (χ2n) is 4.40. The normalized spacial score (nSPS) is 22.0. The van der Waals surface area contributed by atoms with Crippen molar-refractivity contribution in [2.24, 2.45) is 5.92 Å². The molecule has 1 heterocycles. The molecular weight excluding hydrogens is 198 g/mol. The van der Waals surface area contributed by atoms with Crippen molar-refractivity contribution in [3.63, 3.8) is 0 Å². The third-order valence-corrected chi connectivity index (χ3v) is 2.78. The molecule has 0 saturated carbocycles. The van der Waals surface area contributed by atoms with E-state index in [0.29, 0.717) is 6.54 Å². The van der Waals surface area contributed by atoms with Gasteiger partial charge in [-0.05, 0) is 13.8 Å². The van der Waals surface area contributed by atoms with E-state index < -0.39 is 11.5 Å². The summed E-state index contributed by atoms with van der Waals surface area (Å²) in [4.78, 5) is 24.4. The molecular formula is C10H17NO4. The van der Waals surface area contributed by atoms with Gasteiger partial charge in [0.25, 0.3) is 0 Å². The lowest BCUT2D eigenvalue weighted by atomic mass is 10.1. The fourth-order valence-electron chi connectivity index (χ4n) is 1.70. The van der Waals surface area contributed by atoms with Gasteiger partial charge in [0, 0.05) is 13.0 Å². The number of nitrogens with zero attached hydrogens (tertiary/aromatic N) is 1. The van der Waals surface area contributed by atoms with E-state index in [0.717, 1.165) is 0 Å². The second-order valence-corrected chi connectivity index (χ2v) is 4.40. The van der Waals surface area contributed by atoms with Crippen molar-refractivity contribution < 1.29 is 19.4 Å². The van der Waals surface area contributed by atoms with Gasteiger partial charge >= 0.3 is 5.97 Å². The van der Waals surface area contributed by atoms with E-state index in [1.807, 2.05) is 0 Å². The van der Waals surface area contributed by atoms with Crippen molar-refractivity contribution >= 4 is 11.9 Å². The Morgan fingerprint density at radius 3 is 2.73 bits per heavy atom. The molecule has 1 unspecified atom stereocenters. The summed E-state index contributed by atoms with van der Waals surface area (Å²) in [7, 11) is 1.31. The molecule has 0 aromatic rings. The molecule has 1 amide bonds. The van der Waals surface area contributed by atoms with Crippen molar-refractivity contribution in [3.8, 4) is 0 Å². The zero-order chi connectivity index (χ0) is 11.6. The monoisotopic (exact) mass is 215 g/mol. The lowest BCUT2D eigenvalue weighted by Gasteiger charge is -2.33. The molecule has 1 aliphatic heterocycles. The maximum atomic E-state index is 11.6. The molecule has 0 radical (unpaired) electrons. The van der Waals surface area contributed by atoms with Crippen LogP contribution >= 0.6 is 0 Å². The number of carbonyl (C=O) groups is 2. The van der Waals surface area contributed by atoms with E-state index in [-0.39, 0.29) is 24.9 Å². The minimum Gasteiger partial charge on any atom is -0.469 e. The number of carbonyl (C=O) groups excluding carboxylic acids is 2. The standard InChI is InChI=1S/C10H17NO4/c1-10(2,6-12)11-5-7(4-8(11)13)9(14)15-3/h7,12H,4-6H2,1-3H3. The second kappa shape index (κ2) is 4.18. The number of hydrogen-bond acceptors (Lipinski definition) is 4. The molecule has 15 heavy (non-hydrogen) atoms. The zero-order valence-electron chi connectivity index (χ0n) is 9.32. The molecule has 1 N–H and O–H groups in total. The van der Waals surface area contributed by atoms with Gasteiger partial charge in [-0.1, -0.05) is 0 Å². The van der Waals surface area contributed by atoms with E-state index in [2.05, 4.69) is 4.74 Å². The Bertz CT molecular complexity index is 275. The molecule has 1 rings (SSSR count). The van der Waals surface area contributed by atoms with Crippen LogP contribution in [0.2, 0.25) is 0 Å². The third kappa shape index (κ3) is 2.28. The van der Waals surface area contributed by atoms with Crippen molar-refractivity contribution in [1.29, 1.82) is 0 Å². The van der Waals surface area contributed by atoms with E-state index >= 15 is 0 Å². The summed E-state index contributed by atoms with van der Waals surface area (Å²) in [5.74, 6) is -0.864. The SMILES string of the molecule is COC(=O)C1CC(=O)N(C(C)(C)CO)C1. The summed E-state index contributed by atoms with van der Waals surface area (Å²) in [5.41, 5.74) is -0.611. The Labute approximate surface area is 89.0 Å². The van der Waals surface area contributed by atoms with Crippen LogP contribution in [0.1, 0.15) is 20.3 Å². The molecule has 5 nitrogen and oxygen atoms in total. The van der Waals surface area contributed by atoms with Crippen LogP contribution in [-0.2, 0) is 14.3 Å². The van der Waals surface area contributed by atoms with Crippen LogP contribution in [0, 0.1) is 5.92 Å². The van der Waals surface area contributed by atoms with Crippen molar-refractivity contribution in [2.45, 2.75) is 25.8 Å². The number of hydrogen-bond donors (Lipinski definition) is 1. The number of ether oxygens (including phenoxy) is 1. The van der Waals surface area contributed by atoms with Gasteiger partial charge in [-0.3, -0.25) is 9.59 Å². The number of likely N-dealkylation sites (tertiary alicyclic amines) is 1. The largest absolute Gasteiger partial charge is 0.469 e. The minimum atomic E-state index is -0.611. The van der Waals surface area contributed by atoms with Gasteiger partial charge < -0.3 is 14.7 Å². The van der Waals surface area contributed by atoms with E-state index in [1.54, 1.807) is 13.8 Å². The molecule has 0 spiro atoms. The van der Waals surface area contributed by atoms with Crippen LogP contribution in [0.25, 0.3) is 0 Å². The number of esters is 1. The maximum absolute atomic E-state index is 11.6. The van der Waals surface area contributed by atoms with Crippen LogP contribution < -0.4 is 0 Å². The lowest BCUT2D eigenvalue weighted by molar-refractivity contribution is -0.145. The molecule has 1 aliphatic rings. The summed E-state index contributed by atoms with van der Waals surface area (Å²) in [6, 6.07) is 0. The van der Waals surface area contributed by atoms with E-state index in [9.17, 15) is 9.59 Å². The fourth-order valence-corrected chi connectivity index (χ4v) is 1.70. The molecule has 1 atom stereocenters. The van der Waals surface area contributed by atoms with Gasteiger partial charge in [0.15, 0.2) is 0 Å². The topological polar surface area (TPSA) is 66.8 Å². The summed E-state index contributed by atoms with van der Waals surface area (Å²) in [5, 5.41) is 9.14. The summed E-state index contributed by atoms with van der Waals surface area (Å²) >= 11 is 0. The van der Waals surface area contributed by atoms with E-state index in [1.165, 1.54) is 12.0 Å². The van der Waals surface area contributed by atoms with Crippen LogP contribution in [0.4, 0.5) is 0 Å². The highest BCUT2D eigenvalue weighted by Crippen LogP contribution is 2.26. The smallest absolute Gasteiger partial charge is 0.310 e. The first kappa shape index (κ1) is 12.0. The Morgan fingerprint density at radius 2 is 2.27 bits per heavy atom. The van der Waals surface area contributed by atoms with Crippen LogP contribution in [0.5, 0.6) is 0 Å². The third-order valence-electron chi connectivity index (χ3n) is 2.78. The van der Waals surface area contributed by atoms with Crippen molar-refractivity contribution in [2.75, 3.05) is 20.3 Å². The van der Waals surface area contributed by atoms with E-state index in [4.69, 9.17) is 5.11 Å². The summed E-state index contributed by atoms with van der Waals surface area (Å²) in [6.45, 7) is 3.75.